The molecule has 2 N–H and O–H groups in total. The fraction of sp³-hybridized carbons (Fsp3) is 0.250. The summed E-state index contributed by atoms with van der Waals surface area (Å²) in [6.45, 7) is 0.586. The zero-order valence-corrected chi connectivity index (χ0v) is 11.5. The third kappa shape index (κ3) is 2.75. The number of nitrogens with two attached hydrogens (primary N) is 1. The van der Waals surface area contributed by atoms with Gasteiger partial charge in [-0.3, -0.25) is 0 Å². The van der Waals surface area contributed by atoms with E-state index >= 15 is 0 Å². The van der Waals surface area contributed by atoms with Crippen molar-refractivity contribution >= 4 is 12.4 Å². The van der Waals surface area contributed by atoms with E-state index in [2.05, 4.69) is 42.5 Å². The number of hydrogen-bond acceptors (Lipinski definition) is 2. The average Bonchev–Trinajstić information content (AvgIpc) is 2.47. The Morgan fingerprint density at radius 1 is 1.05 bits per heavy atom. The molecule has 1 heterocycles. The monoisotopic (exact) mass is 275 g/mol. The molecule has 2 nitrogen and oxygen atoms in total. The molecule has 3 rings (SSSR count). The van der Waals surface area contributed by atoms with E-state index in [9.17, 15) is 0 Å². The van der Waals surface area contributed by atoms with E-state index in [1.54, 1.807) is 0 Å². The second-order valence-corrected chi connectivity index (χ2v) is 4.67. The SMILES string of the molecule is Cl.NC[C@@H]1CCc2cccc(-c3ccccc3)c2O1. The van der Waals surface area contributed by atoms with Gasteiger partial charge in [-0.25, -0.2) is 0 Å². The summed E-state index contributed by atoms with van der Waals surface area (Å²) in [5.41, 5.74) is 9.39. The number of rotatable bonds is 2. The number of halogens is 1. The maximum Gasteiger partial charge on any atom is 0.130 e. The van der Waals surface area contributed by atoms with E-state index in [1.807, 2.05) is 6.07 Å². The molecule has 1 aliphatic rings. The van der Waals surface area contributed by atoms with Crippen LogP contribution in [-0.2, 0) is 6.42 Å². The van der Waals surface area contributed by atoms with Crippen LogP contribution < -0.4 is 10.5 Å². The number of hydrogen-bond donors (Lipinski definition) is 1. The normalized spacial score (nSPS) is 17.0. The van der Waals surface area contributed by atoms with E-state index in [4.69, 9.17) is 10.5 Å². The molecule has 19 heavy (non-hydrogen) atoms. The highest BCUT2D eigenvalue weighted by molar-refractivity contribution is 5.85. The summed E-state index contributed by atoms with van der Waals surface area (Å²) in [6.07, 6.45) is 2.22. The van der Waals surface area contributed by atoms with Crippen molar-refractivity contribution in [3.8, 4) is 16.9 Å². The fourth-order valence-corrected chi connectivity index (χ4v) is 2.47. The van der Waals surface area contributed by atoms with Gasteiger partial charge >= 0.3 is 0 Å². The lowest BCUT2D eigenvalue weighted by molar-refractivity contribution is 0.182. The fourth-order valence-electron chi connectivity index (χ4n) is 2.47. The molecule has 0 fully saturated rings. The predicted molar refractivity (Wildman–Crippen MR) is 80.9 cm³/mol. The van der Waals surface area contributed by atoms with Crippen molar-refractivity contribution in [1.82, 2.24) is 0 Å². The topological polar surface area (TPSA) is 35.2 Å². The zero-order chi connectivity index (χ0) is 12.4. The van der Waals surface area contributed by atoms with Gasteiger partial charge in [-0.05, 0) is 24.0 Å². The highest BCUT2D eigenvalue weighted by Gasteiger charge is 2.21. The first kappa shape index (κ1) is 13.9. The van der Waals surface area contributed by atoms with Crippen molar-refractivity contribution in [2.45, 2.75) is 18.9 Å². The summed E-state index contributed by atoms with van der Waals surface area (Å²) in [4.78, 5) is 0. The molecule has 2 aromatic carbocycles. The minimum Gasteiger partial charge on any atom is -0.488 e. The first-order valence-electron chi connectivity index (χ1n) is 6.42. The molecule has 0 saturated carbocycles. The molecule has 0 radical (unpaired) electrons. The lowest BCUT2D eigenvalue weighted by atomic mass is 9.96. The summed E-state index contributed by atoms with van der Waals surface area (Å²) in [5, 5.41) is 0. The molecule has 1 atom stereocenters. The second kappa shape index (κ2) is 6.09. The Morgan fingerprint density at radius 2 is 1.84 bits per heavy atom. The molecule has 100 valence electrons. The number of benzene rings is 2. The van der Waals surface area contributed by atoms with Gasteiger partial charge in [-0.15, -0.1) is 12.4 Å². The van der Waals surface area contributed by atoms with Crippen LogP contribution in [0.2, 0.25) is 0 Å². The second-order valence-electron chi connectivity index (χ2n) is 4.67. The number of fused-ring (bicyclic) bond motifs is 1. The van der Waals surface area contributed by atoms with E-state index in [-0.39, 0.29) is 18.5 Å². The molecule has 0 unspecified atom stereocenters. The Labute approximate surface area is 120 Å². The van der Waals surface area contributed by atoms with E-state index in [0.29, 0.717) is 6.54 Å². The standard InChI is InChI=1S/C16H17NO.ClH/c17-11-14-10-9-13-7-4-8-15(16(13)18-14)12-5-2-1-3-6-12;/h1-8,14H,9-11,17H2;1H/t14-;/m0./s1. The maximum absolute atomic E-state index is 6.04. The highest BCUT2D eigenvalue weighted by atomic mass is 35.5. The van der Waals surface area contributed by atoms with Crippen molar-refractivity contribution in [1.29, 1.82) is 0 Å². The van der Waals surface area contributed by atoms with Gasteiger partial charge in [0.2, 0.25) is 0 Å². The van der Waals surface area contributed by atoms with Gasteiger partial charge < -0.3 is 10.5 Å². The van der Waals surface area contributed by atoms with Gasteiger partial charge in [-0.1, -0.05) is 48.5 Å². The van der Waals surface area contributed by atoms with Crippen LogP contribution in [0.5, 0.6) is 5.75 Å². The molecule has 1 aliphatic heterocycles. The Bertz CT molecular complexity index is 542. The molecular weight excluding hydrogens is 258 g/mol. The first-order chi connectivity index (χ1) is 8.88. The molecule has 2 aromatic rings. The Balaban J connectivity index is 0.00000133. The minimum atomic E-state index is 0. The van der Waals surface area contributed by atoms with Crippen molar-refractivity contribution in [2.75, 3.05) is 6.54 Å². The number of para-hydroxylation sites is 1. The Hall–Kier alpha value is -1.51. The third-order valence-corrected chi connectivity index (χ3v) is 3.46. The lowest BCUT2D eigenvalue weighted by Crippen LogP contribution is -2.30. The van der Waals surface area contributed by atoms with E-state index < -0.39 is 0 Å². The lowest BCUT2D eigenvalue weighted by Gasteiger charge is -2.27. The summed E-state index contributed by atoms with van der Waals surface area (Å²) < 4.78 is 6.04. The van der Waals surface area contributed by atoms with Crippen LogP contribution in [-0.4, -0.2) is 12.6 Å². The third-order valence-electron chi connectivity index (χ3n) is 3.46. The van der Waals surface area contributed by atoms with Gasteiger partial charge in [0.05, 0.1) is 0 Å². The molecule has 0 bridgehead atoms. The minimum absolute atomic E-state index is 0. The molecule has 3 heteroatoms. The molecule has 0 saturated heterocycles. The van der Waals surface area contributed by atoms with Gasteiger partial charge in [0.25, 0.3) is 0 Å². The van der Waals surface area contributed by atoms with Crippen LogP contribution in [0.1, 0.15) is 12.0 Å². The highest BCUT2D eigenvalue weighted by Crippen LogP contribution is 2.37. The van der Waals surface area contributed by atoms with Gasteiger partial charge in [0, 0.05) is 12.1 Å². The van der Waals surface area contributed by atoms with Crippen LogP contribution in [0.25, 0.3) is 11.1 Å². The first-order valence-corrected chi connectivity index (χ1v) is 6.42. The van der Waals surface area contributed by atoms with E-state index in [0.717, 1.165) is 18.6 Å². The maximum atomic E-state index is 6.04. The smallest absolute Gasteiger partial charge is 0.130 e. The molecule has 0 amide bonds. The van der Waals surface area contributed by atoms with E-state index in [1.165, 1.54) is 16.7 Å². The van der Waals surface area contributed by atoms with Gasteiger partial charge in [0.1, 0.15) is 11.9 Å². The summed E-state index contributed by atoms with van der Waals surface area (Å²) in [5.74, 6) is 1.02. The van der Waals surface area contributed by atoms with Crippen molar-refractivity contribution < 1.29 is 4.74 Å². The molecule has 0 spiro atoms. The molecular formula is C16H18ClNO. The number of aryl methyl sites for hydroxylation is 1. The largest absolute Gasteiger partial charge is 0.488 e. The average molecular weight is 276 g/mol. The van der Waals surface area contributed by atoms with Crippen LogP contribution in [0, 0.1) is 0 Å². The van der Waals surface area contributed by atoms with Crippen LogP contribution >= 0.6 is 12.4 Å². The van der Waals surface area contributed by atoms with Gasteiger partial charge in [-0.2, -0.15) is 0 Å². The Morgan fingerprint density at radius 3 is 2.58 bits per heavy atom. The zero-order valence-electron chi connectivity index (χ0n) is 10.7. The van der Waals surface area contributed by atoms with Crippen molar-refractivity contribution in [2.24, 2.45) is 5.73 Å². The van der Waals surface area contributed by atoms with Gasteiger partial charge in [0.15, 0.2) is 0 Å². The Kier molecular flexibility index (Phi) is 4.46. The van der Waals surface area contributed by atoms with Crippen molar-refractivity contribution in [3.63, 3.8) is 0 Å². The van der Waals surface area contributed by atoms with Crippen LogP contribution in [0.4, 0.5) is 0 Å². The van der Waals surface area contributed by atoms with Crippen LogP contribution in [0.15, 0.2) is 48.5 Å². The predicted octanol–water partition coefficient (Wildman–Crippen LogP) is 3.43. The van der Waals surface area contributed by atoms with Crippen LogP contribution in [0.3, 0.4) is 0 Å². The molecule has 0 aromatic heterocycles. The summed E-state index contributed by atoms with van der Waals surface area (Å²) >= 11 is 0. The quantitative estimate of drug-likeness (QED) is 0.911. The summed E-state index contributed by atoms with van der Waals surface area (Å²) in [7, 11) is 0. The van der Waals surface area contributed by atoms with Crippen molar-refractivity contribution in [3.05, 3.63) is 54.1 Å². The number of ether oxygens (including phenoxy) is 1. The summed E-state index contributed by atoms with van der Waals surface area (Å²) in [6, 6.07) is 16.7. The molecule has 0 aliphatic carbocycles.